The van der Waals surface area contributed by atoms with Crippen LogP contribution in [-0.2, 0) is 0 Å². The maximum Gasteiger partial charge on any atom is 0.200 e. The van der Waals surface area contributed by atoms with Gasteiger partial charge in [-0.25, -0.2) is 33.7 Å². The van der Waals surface area contributed by atoms with Gasteiger partial charge in [0.15, 0.2) is 11.5 Å². The van der Waals surface area contributed by atoms with Crippen molar-refractivity contribution in [3.8, 4) is 23.6 Å². The molecule has 4 rings (SSSR count). The van der Waals surface area contributed by atoms with Gasteiger partial charge in [-0.05, 0) is 31.9 Å². The Labute approximate surface area is 180 Å². The number of halogens is 3. The molecule has 0 saturated heterocycles. The molecular formula is C22H16F3N7. The molecule has 10 heteroatoms. The minimum Gasteiger partial charge on any atom is -0.360 e. The highest BCUT2D eigenvalue weighted by molar-refractivity contribution is 5.82. The van der Waals surface area contributed by atoms with Gasteiger partial charge in [0.1, 0.15) is 28.8 Å². The number of rotatable bonds is 4. The molecule has 1 atom stereocenters. The van der Waals surface area contributed by atoms with Gasteiger partial charge in [-0.1, -0.05) is 6.08 Å². The number of benzene rings is 1. The smallest absolute Gasteiger partial charge is 0.200 e. The highest BCUT2D eigenvalue weighted by Crippen LogP contribution is 2.28. The van der Waals surface area contributed by atoms with E-state index in [9.17, 15) is 13.2 Å². The summed E-state index contributed by atoms with van der Waals surface area (Å²) >= 11 is 0. The van der Waals surface area contributed by atoms with Crippen LogP contribution in [-0.4, -0.2) is 29.9 Å². The molecule has 0 aliphatic rings. The summed E-state index contributed by atoms with van der Waals surface area (Å²) in [5.74, 6) is -0.248. The lowest BCUT2D eigenvalue weighted by atomic mass is 10.0. The van der Waals surface area contributed by atoms with E-state index in [-0.39, 0.29) is 22.0 Å². The van der Waals surface area contributed by atoms with Crippen molar-refractivity contribution < 1.29 is 13.2 Å². The topological polar surface area (TPSA) is 92.3 Å². The molecule has 0 radical (unpaired) electrons. The lowest BCUT2D eigenvalue weighted by Gasteiger charge is -2.17. The number of hydrogen-bond acceptors (Lipinski definition) is 6. The first-order valence-electron chi connectivity index (χ1n) is 9.49. The zero-order valence-electron chi connectivity index (χ0n) is 17.0. The minimum atomic E-state index is -0.940. The molecule has 0 amide bonds. The van der Waals surface area contributed by atoms with E-state index in [0.29, 0.717) is 22.7 Å². The molecular weight excluding hydrogens is 419 g/mol. The molecule has 2 N–H and O–H groups in total. The van der Waals surface area contributed by atoms with Gasteiger partial charge in [-0.15, -0.1) is 6.42 Å². The summed E-state index contributed by atoms with van der Waals surface area (Å²) in [7, 11) is 0. The van der Waals surface area contributed by atoms with Crippen molar-refractivity contribution in [1.29, 1.82) is 0 Å². The van der Waals surface area contributed by atoms with Gasteiger partial charge in [-0.3, -0.25) is 0 Å². The Hall–Kier alpha value is -4.26. The van der Waals surface area contributed by atoms with Crippen LogP contribution in [0.5, 0.6) is 0 Å². The van der Waals surface area contributed by atoms with Crippen molar-refractivity contribution in [1.82, 2.24) is 29.9 Å². The van der Waals surface area contributed by atoms with Crippen molar-refractivity contribution in [2.45, 2.75) is 19.9 Å². The fourth-order valence-corrected chi connectivity index (χ4v) is 3.24. The second-order valence-electron chi connectivity index (χ2n) is 6.78. The molecule has 0 saturated carbocycles. The lowest BCUT2D eigenvalue weighted by molar-refractivity contribution is 0.584. The Morgan fingerprint density at radius 3 is 2.59 bits per heavy atom. The van der Waals surface area contributed by atoms with E-state index in [1.165, 1.54) is 12.7 Å². The third-order valence-corrected chi connectivity index (χ3v) is 4.67. The van der Waals surface area contributed by atoms with Crippen LogP contribution in [0.1, 0.15) is 25.6 Å². The molecule has 160 valence electrons. The van der Waals surface area contributed by atoms with Crippen molar-refractivity contribution in [2.24, 2.45) is 0 Å². The molecule has 4 aromatic rings. The molecule has 7 nitrogen and oxygen atoms in total. The number of fused-ring (bicyclic) bond motifs is 1. The van der Waals surface area contributed by atoms with Crippen LogP contribution in [0.2, 0.25) is 0 Å². The van der Waals surface area contributed by atoms with Gasteiger partial charge in [0.25, 0.3) is 0 Å². The van der Waals surface area contributed by atoms with E-state index in [4.69, 9.17) is 6.42 Å². The molecule has 0 unspecified atom stereocenters. The Balaban J connectivity index is 1.94. The van der Waals surface area contributed by atoms with Gasteiger partial charge in [-0.2, -0.15) is 4.39 Å². The van der Waals surface area contributed by atoms with E-state index >= 15 is 0 Å². The third-order valence-electron chi connectivity index (χ3n) is 4.67. The number of aromatic nitrogens is 6. The highest BCUT2D eigenvalue weighted by atomic mass is 19.1. The summed E-state index contributed by atoms with van der Waals surface area (Å²) in [4.78, 5) is 24.2. The highest BCUT2D eigenvalue weighted by Gasteiger charge is 2.20. The fraction of sp³-hybridized carbons (Fsp3) is 0.136. The standard InChI is InChI=1S/C22H16F3N7/c1-4-15(25)19-16(5-2)31-17(18(32-19)12-6-13(23)8-14(24)7-12)11(3)30-22-20-21(27-9-26-20)28-10-29-22/h1,5-11H,2-3H3,(H2,26,27,28,29,30)/b16-5+,19-15-/t11-/m0/s1. The van der Waals surface area contributed by atoms with Gasteiger partial charge in [0.2, 0.25) is 5.83 Å². The monoisotopic (exact) mass is 435 g/mol. The van der Waals surface area contributed by atoms with Crippen LogP contribution in [0.25, 0.3) is 34.3 Å². The van der Waals surface area contributed by atoms with Gasteiger partial charge < -0.3 is 10.3 Å². The number of imidazole rings is 1. The Morgan fingerprint density at radius 1 is 1.16 bits per heavy atom. The van der Waals surface area contributed by atoms with Crippen molar-refractivity contribution >= 4 is 28.9 Å². The first kappa shape index (κ1) is 21.0. The maximum absolute atomic E-state index is 14.4. The molecule has 0 aliphatic carbocycles. The summed E-state index contributed by atoms with van der Waals surface area (Å²) in [5, 5.41) is 3.16. The van der Waals surface area contributed by atoms with Crippen LogP contribution in [0.15, 0.2) is 30.9 Å². The number of anilines is 1. The summed E-state index contributed by atoms with van der Waals surface area (Å²) < 4.78 is 42.3. The molecule has 0 bridgehead atoms. The zero-order valence-corrected chi connectivity index (χ0v) is 17.0. The Bertz CT molecular complexity index is 1470. The largest absolute Gasteiger partial charge is 0.360 e. The summed E-state index contributed by atoms with van der Waals surface area (Å²) in [5.41, 5.74) is 1.48. The average molecular weight is 435 g/mol. The number of nitrogens with one attached hydrogen (secondary N) is 2. The average Bonchev–Trinajstić information content (AvgIpc) is 3.27. The predicted octanol–water partition coefficient (Wildman–Crippen LogP) is 2.77. The number of terminal acetylenes is 1. The normalized spacial score (nSPS) is 13.7. The summed E-state index contributed by atoms with van der Waals surface area (Å²) in [6, 6.07) is 2.34. The first-order chi connectivity index (χ1) is 15.4. The number of aromatic amines is 1. The number of hydrogen-bond donors (Lipinski definition) is 2. The first-order valence-corrected chi connectivity index (χ1v) is 9.49. The van der Waals surface area contributed by atoms with Crippen LogP contribution in [0.3, 0.4) is 0 Å². The third kappa shape index (κ3) is 3.88. The quantitative estimate of drug-likeness (QED) is 0.479. The van der Waals surface area contributed by atoms with E-state index < -0.39 is 23.5 Å². The molecule has 3 aromatic heterocycles. The van der Waals surface area contributed by atoms with Crippen molar-refractivity contribution in [3.05, 3.63) is 58.9 Å². The number of H-pyrrole nitrogens is 1. The van der Waals surface area contributed by atoms with Gasteiger partial charge >= 0.3 is 0 Å². The molecule has 0 fully saturated rings. The molecule has 0 spiro atoms. The maximum atomic E-state index is 14.4. The van der Waals surface area contributed by atoms with E-state index in [0.717, 1.165) is 18.2 Å². The molecule has 32 heavy (non-hydrogen) atoms. The minimum absolute atomic E-state index is 0.0710. The van der Waals surface area contributed by atoms with Crippen LogP contribution in [0.4, 0.5) is 19.0 Å². The van der Waals surface area contributed by atoms with Gasteiger partial charge in [0, 0.05) is 11.6 Å². The molecule has 0 aliphatic heterocycles. The second-order valence-corrected chi connectivity index (χ2v) is 6.78. The van der Waals surface area contributed by atoms with Crippen molar-refractivity contribution in [2.75, 3.05) is 5.32 Å². The van der Waals surface area contributed by atoms with E-state index in [1.54, 1.807) is 19.9 Å². The summed E-state index contributed by atoms with van der Waals surface area (Å²) in [6.45, 7) is 3.41. The SMILES string of the molecule is C#C/C(F)=c1/nc(-c2cc(F)cc(F)c2)c([C@H](C)Nc2ncnc3[nH]cnc23)n/c1=C/C. The Kier molecular flexibility index (Phi) is 5.55. The van der Waals surface area contributed by atoms with E-state index in [2.05, 4.69) is 35.2 Å². The van der Waals surface area contributed by atoms with E-state index in [1.807, 2.05) is 5.92 Å². The zero-order chi connectivity index (χ0) is 22.8. The van der Waals surface area contributed by atoms with Gasteiger partial charge in [0.05, 0.1) is 29.1 Å². The Morgan fingerprint density at radius 2 is 1.91 bits per heavy atom. The van der Waals surface area contributed by atoms with Crippen LogP contribution in [0, 0.1) is 24.0 Å². The fourth-order valence-electron chi connectivity index (χ4n) is 3.24. The van der Waals surface area contributed by atoms with Crippen LogP contribution < -0.4 is 16.0 Å². The number of nitrogens with zero attached hydrogens (tertiary/aromatic N) is 5. The second kappa shape index (κ2) is 8.47. The van der Waals surface area contributed by atoms with Crippen LogP contribution >= 0.6 is 0 Å². The molecule has 3 heterocycles. The van der Waals surface area contributed by atoms with Crippen molar-refractivity contribution in [3.63, 3.8) is 0 Å². The predicted molar refractivity (Wildman–Crippen MR) is 114 cm³/mol. The molecule has 1 aromatic carbocycles. The lowest BCUT2D eigenvalue weighted by Crippen LogP contribution is -2.35. The summed E-state index contributed by atoms with van der Waals surface area (Å²) in [6.07, 6.45) is 9.59.